The number of carbonyl (C=O) groups excluding carboxylic acids is 1. The van der Waals surface area contributed by atoms with Crippen molar-refractivity contribution in [3.05, 3.63) is 77.1 Å². The molecule has 2 aromatic heterocycles. The van der Waals surface area contributed by atoms with E-state index in [9.17, 15) is 9.59 Å². The fourth-order valence-electron chi connectivity index (χ4n) is 3.19. The summed E-state index contributed by atoms with van der Waals surface area (Å²) in [6.07, 6.45) is 0.281. The van der Waals surface area contributed by atoms with Crippen molar-refractivity contribution >= 4 is 39.2 Å². The number of benzene rings is 2. The quantitative estimate of drug-likeness (QED) is 0.298. The molecule has 0 unspecified atom stereocenters. The summed E-state index contributed by atoms with van der Waals surface area (Å²) in [5.74, 6) is 0.0132. The normalized spacial score (nSPS) is 10.8. The van der Waals surface area contributed by atoms with Gasteiger partial charge in [0.25, 0.3) is 5.56 Å². The van der Waals surface area contributed by atoms with Gasteiger partial charge >= 0.3 is 0 Å². The Morgan fingerprint density at radius 1 is 1.16 bits per heavy atom. The van der Waals surface area contributed by atoms with Crippen LogP contribution in [0, 0.1) is 11.3 Å². The number of nitrogens with zero attached hydrogens (tertiary/aromatic N) is 4. The highest BCUT2D eigenvalue weighted by molar-refractivity contribution is 7.99. The molecule has 0 fully saturated rings. The highest BCUT2D eigenvalue weighted by atomic mass is 32.2. The van der Waals surface area contributed by atoms with Crippen LogP contribution >= 0.6 is 23.1 Å². The topological polar surface area (TPSA) is 79.0 Å². The largest absolute Gasteiger partial charge is 0.344 e. The molecule has 0 atom stereocenters. The number of hydrogen-bond donors (Lipinski definition) is 0. The first-order valence-electron chi connectivity index (χ1n) is 9.99. The third-order valence-corrected chi connectivity index (χ3v) is 6.92. The Kier molecular flexibility index (Phi) is 6.69. The molecule has 0 saturated carbocycles. The molecule has 4 aromatic rings. The second-order valence-corrected chi connectivity index (χ2v) is 9.05. The van der Waals surface area contributed by atoms with Gasteiger partial charge in [-0.15, -0.1) is 11.3 Å². The molecule has 2 heterocycles. The second kappa shape index (κ2) is 9.81. The number of thioether (sulfide) groups is 1. The molecule has 0 aliphatic carbocycles. The van der Waals surface area contributed by atoms with Crippen LogP contribution in [0.15, 0.2) is 76.7 Å². The number of para-hydroxylation sites is 1. The number of nitriles is 1. The van der Waals surface area contributed by atoms with Crippen LogP contribution in [0.5, 0.6) is 0 Å². The van der Waals surface area contributed by atoms with E-state index in [1.807, 2.05) is 72.8 Å². The van der Waals surface area contributed by atoms with E-state index in [-0.39, 0.29) is 23.6 Å². The smallest absolute Gasteiger partial charge is 0.267 e. The van der Waals surface area contributed by atoms with Gasteiger partial charge < -0.3 is 4.90 Å². The van der Waals surface area contributed by atoms with Gasteiger partial charge in [-0.05, 0) is 23.8 Å². The first kappa shape index (κ1) is 21.8. The van der Waals surface area contributed by atoms with E-state index < -0.39 is 0 Å². The Morgan fingerprint density at radius 3 is 2.53 bits per heavy atom. The third kappa shape index (κ3) is 4.59. The maximum absolute atomic E-state index is 13.5. The summed E-state index contributed by atoms with van der Waals surface area (Å²) in [5.41, 5.74) is 1.57. The van der Waals surface area contributed by atoms with E-state index in [4.69, 9.17) is 10.2 Å². The molecule has 0 spiro atoms. The van der Waals surface area contributed by atoms with Crippen molar-refractivity contribution < 1.29 is 4.79 Å². The number of rotatable bonds is 7. The number of fused-ring (bicyclic) bond motifs is 1. The van der Waals surface area contributed by atoms with Gasteiger partial charge in [-0.2, -0.15) is 5.26 Å². The minimum atomic E-state index is -0.160. The summed E-state index contributed by atoms with van der Waals surface area (Å²) < 4.78 is 1.57. The van der Waals surface area contributed by atoms with Crippen LogP contribution in [0.1, 0.15) is 6.42 Å². The Balaban J connectivity index is 1.75. The first-order chi connectivity index (χ1) is 15.6. The molecule has 0 saturated heterocycles. The highest BCUT2D eigenvalue weighted by Crippen LogP contribution is 2.32. The van der Waals surface area contributed by atoms with E-state index in [1.54, 1.807) is 11.6 Å². The van der Waals surface area contributed by atoms with Crippen LogP contribution < -0.4 is 5.56 Å². The molecule has 0 N–H and O–H groups in total. The van der Waals surface area contributed by atoms with Crippen molar-refractivity contribution in [3.8, 4) is 22.2 Å². The van der Waals surface area contributed by atoms with Gasteiger partial charge in [-0.25, -0.2) is 4.98 Å². The Hall–Kier alpha value is -3.41. The standard InChI is InChI=1S/C24H20N4O2S2/c1-27(14-8-13-25)21(29)16-31-24-26-22-19(15-20(32-22)17-9-4-2-5-10-17)23(30)28(24)18-11-6-3-7-12-18/h2-7,9-12,15H,8,14,16H2,1H3. The van der Waals surface area contributed by atoms with Gasteiger partial charge in [0, 0.05) is 18.5 Å². The van der Waals surface area contributed by atoms with Crippen LogP contribution in [-0.2, 0) is 4.79 Å². The van der Waals surface area contributed by atoms with Gasteiger partial charge in [0.2, 0.25) is 5.91 Å². The summed E-state index contributed by atoms with van der Waals surface area (Å²) >= 11 is 2.70. The molecule has 2 aromatic carbocycles. The van der Waals surface area contributed by atoms with Crippen LogP contribution in [0.3, 0.4) is 0 Å². The number of carbonyl (C=O) groups is 1. The molecule has 160 valence electrons. The zero-order valence-electron chi connectivity index (χ0n) is 17.4. The van der Waals surface area contributed by atoms with Crippen molar-refractivity contribution in [2.24, 2.45) is 0 Å². The van der Waals surface area contributed by atoms with Gasteiger partial charge in [0.1, 0.15) is 4.83 Å². The van der Waals surface area contributed by atoms with Gasteiger partial charge in [0.15, 0.2) is 5.16 Å². The average molecular weight is 461 g/mol. The number of thiophene rings is 1. The third-order valence-electron chi connectivity index (χ3n) is 4.92. The monoisotopic (exact) mass is 460 g/mol. The molecule has 8 heteroatoms. The lowest BCUT2D eigenvalue weighted by Gasteiger charge is -2.16. The molecule has 0 aliphatic rings. The van der Waals surface area contributed by atoms with Gasteiger partial charge in [-0.1, -0.05) is 60.3 Å². The van der Waals surface area contributed by atoms with Crippen LogP contribution in [0.25, 0.3) is 26.3 Å². The number of hydrogen-bond acceptors (Lipinski definition) is 6. The SMILES string of the molecule is CN(CCC#N)C(=O)CSc1nc2sc(-c3ccccc3)cc2c(=O)n1-c1ccccc1. The van der Waals surface area contributed by atoms with Crippen molar-refractivity contribution in [2.45, 2.75) is 11.6 Å². The van der Waals surface area contributed by atoms with E-state index in [0.717, 1.165) is 10.4 Å². The summed E-state index contributed by atoms with van der Waals surface area (Å²) in [6.45, 7) is 0.374. The molecule has 1 amide bonds. The number of amides is 1. The van der Waals surface area contributed by atoms with Crippen molar-refractivity contribution in [3.63, 3.8) is 0 Å². The van der Waals surface area contributed by atoms with E-state index >= 15 is 0 Å². The van der Waals surface area contributed by atoms with Gasteiger partial charge in [-0.3, -0.25) is 14.2 Å². The maximum Gasteiger partial charge on any atom is 0.267 e. The average Bonchev–Trinajstić information content (AvgIpc) is 3.27. The second-order valence-electron chi connectivity index (χ2n) is 7.08. The zero-order valence-corrected chi connectivity index (χ0v) is 19.0. The predicted octanol–water partition coefficient (Wildman–Crippen LogP) is 4.58. The summed E-state index contributed by atoms with van der Waals surface area (Å²) in [4.78, 5) is 33.9. The van der Waals surface area contributed by atoms with Crippen LogP contribution in [0.2, 0.25) is 0 Å². The fourth-order valence-corrected chi connectivity index (χ4v) is 5.22. The van der Waals surface area contributed by atoms with Crippen molar-refractivity contribution in [2.75, 3.05) is 19.3 Å². The molecule has 6 nitrogen and oxygen atoms in total. The predicted molar refractivity (Wildman–Crippen MR) is 129 cm³/mol. The molecule has 32 heavy (non-hydrogen) atoms. The summed E-state index contributed by atoms with van der Waals surface area (Å²) in [5, 5.41) is 9.77. The van der Waals surface area contributed by atoms with Crippen molar-refractivity contribution in [1.82, 2.24) is 14.5 Å². The van der Waals surface area contributed by atoms with Crippen LogP contribution in [0.4, 0.5) is 0 Å². The van der Waals surface area contributed by atoms with E-state index in [1.165, 1.54) is 28.0 Å². The molecule has 0 radical (unpaired) electrons. The van der Waals surface area contributed by atoms with E-state index in [0.29, 0.717) is 27.6 Å². The minimum absolute atomic E-state index is 0.115. The first-order valence-corrected chi connectivity index (χ1v) is 11.8. The Bertz CT molecular complexity index is 1340. The van der Waals surface area contributed by atoms with Crippen LogP contribution in [-0.4, -0.2) is 39.7 Å². The van der Waals surface area contributed by atoms with E-state index in [2.05, 4.69) is 0 Å². The lowest BCUT2D eigenvalue weighted by atomic mass is 10.2. The van der Waals surface area contributed by atoms with Gasteiger partial charge in [0.05, 0.1) is 29.3 Å². The molecular weight excluding hydrogens is 440 g/mol. The highest BCUT2D eigenvalue weighted by Gasteiger charge is 2.18. The zero-order chi connectivity index (χ0) is 22.5. The molecule has 0 bridgehead atoms. The minimum Gasteiger partial charge on any atom is -0.344 e. The molecule has 4 rings (SSSR count). The molecule has 0 aliphatic heterocycles. The molecular formula is C24H20N4O2S2. The maximum atomic E-state index is 13.5. The Labute approximate surface area is 193 Å². The lowest BCUT2D eigenvalue weighted by molar-refractivity contribution is -0.127. The Morgan fingerprint density at radius 2 is 1.84 bits per heavy atom. The summed E-state index contributed by atoms with van der Waals surface area (Å²) in [7, 11) is 1.67. The fraction of sp³-hybridized carbons (Fsp3) is 0.167. The summed E-state index contributed by atoms with van der Waals surface area (Å²) in [6, 6.07) is 23.1. The number of aromatic nitrogens is 2. The van der Waals surface area contributed by atoms with Crippen molar-refractivity contribution in [1.29, 1.82) is 5.26 Å². The lowest BCUT2D eigenvalue weighted by Crippen LogP contribution is -2.29.